The summed E-state index contributed by atoms with van der Waals surface area (Å²) in [6, 6.07) is 13.8. The highest BCUT2D eigenvalue weighted by Crippen LogP contribution is 2.32. The summed E-state index contributed by atoms with van der Waals surface area (Å²) >= 11 is 0. The Labute approximate surface area is 157 Å². The van der Waals surface area contributed by atoms with Gasteiger partial charge in [0.2, 0.25) is 17.8 Å². The zero-order chi connectivity index (χ0) is 19.6. The normalized spacial score (nSPS) is 11.8. The molecule has 3 aromatic rings. The summed E-state index contributed by atoms with van der Waals surface area (Å²) in [4.78, 5) is 16.3. The predicted molar refractivity (Wildman–Crippen MR) is 105 cm³/mol. The molecule has 0 fully saturated rings. The topological polar surface area (TPSA) is 112 Å². The maximum absolute atomic E-state index is 10.1. The zero-order valence-electron chi connectivity index (χ0n) is 15.4. The zero-order valence-corrected chi connectivity index (χ0v) is 15.4. The fourth-order valence-corrected chi connectivity index (χ4v) is 2.76. The molecule has 0 spiro atoms. The van der Waals surface area contributed by atoms with E-state index < -0.39 is 0 Å². The molecule has 1 atom stereocenters. The lowest BCUT2D eigenvalue weighted by molar-refractivity contribution is 0.462. The van der Waals surface area contributed by atoms with Gasteiger partial charge in [0.1, 0.15) is 11.5 Å². The van der Waals surface area contributed by atoms with Gasteiger partial charge in [-0.1, -0.05) is 30.3 Å². The van der Waals surface area contributed by atoms with Gasteiger partial charge in [-0.25, -0.2) is 0 Å². The summed E-state index contributed by atoms with van der Waals surface area (Å²) in [5.74, 6) is 1.03. The van der Waals surface area contributed by atoms with Crippen molar-refractivity contribution in [2.24, 2.45) is 0 Å². The third kappa shape index (κ3) is 3.69. The number of hydrogen-bond acceptors (Lipinski definition) is 8. The fourth-order valence-electron chi connectivity index (χ4n) is 2.76. The van der Waals surface area contributed by atoms with E-state index >= 15 is 0 Å². The van der Waals surface area contributed by atoms with Crippen molar-refractivity contribution in [2.45, 2.75) is 13.0 Å². The molecule has 0 radical (unpaired) electrons. The van der Waals surface area contributed by atoms with E-state index in [9.17, 15) is 10.2 Å². The standard InChI is InChI=1S/C19H22N6O2/c1-12(13-8-4-6-10-15(13)26)24(2)18-21-17(20)22-19(23-18)25(3)14-9-5-7-11-16(14)27/h4-12,26-27H,1-3H3,(H2,20,21,22,23). The molecule has 1 aromatic heterocycles. The molecule has 8 nitrogen and oxygen atoms in total. The highest BCUT2D eigenvalue weighted by atomic mass is 16.3. The van der Waals surface area contributed by atoms with Gasteiger partial charge in [-0.2, -0.15) is 15.0 Å². The Morgan fingerprint density at radius 2 is 1.44 bits per heavy atom. The van der Waals surface area contributed by atoms with Gasteiger partial charge in [0.05, 0.1) is 11.7 Å². The molecule has 140 valence electrons. The molecule has 8 heteroatoms. The number of benzene rings is 2. The van der Waals surface area contributed by atoms with E-state index in [-0.39, 0.29) is 23.5 Å². The number of aromatic hydroxyl groups is 2. The lowest BCUT2D eigenvalue weighted by atomic mass is 10.1. The number of para-hydroxylation sites is 3. The van der Waals surface area contributed by atoms with E-state index in [1.165, 1.54) is 0 Å². The van der Waals surface area contributed by atoms with Crippen molar-refractivity contribution >= 4 is 23.5 Å². The summed E-state index contributed by atoms with van der Waals surface area (Å²) in [5.41, 5.74) is 7.18. The Hall–Kier alpha value is -3.55. The van der Waals surface area contributed by atoms with E-state index in [4.69, 9.17) is 5.73 Å². The second-order valence-electron chi connectivity index (χ2n) is 6.19. The van der Waals surface area contributed by atoms with Crippen LogP contribution in [0.1, 0.15) is 18.5 Å². The maximum Gasteiger partial charge on any atom is 0.236 e. The predicted octanol–water partition coefficient (Wildman–Crippen LogP) is 2.83. The number of hydrogen-bond donors (Lipinski definition) is 3. The SMILES string of the molecule is CC(c1ccccc1O)N(C)c1nc(N)nc(N(C)c2ccccc2O)n1. The van der Waals surface area contributed by atoms with Gasteiger partial charge >= 0.3 is 0 Å². The number of rotatable bonds is 5. The van der Waals surface area contributed by atoms with Gasteiger partial charge in [0, 0.05) is 19.7 Å². The van der Waals surface area contributed by atoms with Crippen LogP contribution in [0, 0.1) is 0 Å². The molecule has 1 heterocycles. The molecule has 0 bridgehead atoms. The van der Waals surface area contributed by atoms with Crippen LogP contribution in [0.15, 0.2) is 48.5 Å². The third-order valence-corrected chi connectivity index (χ3v) is 4.46. The molecule has 0 saturated heterocycles. The molecule has 4 N–H and O–H groups in total. The number of aromatic nitrogens is 3. The lowest BCUT2D eigenvalue weighted by Gasteiger charge is -2.27. The molecule has 0 aliphatic heterocycles. The Morgan fingerprint density at radius 1 is 0.852 bits per heavy atom. The van der Waals surface area contributed by atoms with Crippen molar-refractivity contribution in [1.82, 2.24) is 15.0 Å². The van der Waals surface area contributed by atoms with Gasteiger partial charge in [-0.15, -0.1) is 0 Å². The average molecular weight is 366 g/mol. The van der Waals surface area contributed by atoms with Crippen LogP contribution in [-0.2, 0) is 0 Å². The van der Waals surface area contributed by atoms with Crippen LogP contribution in [-0.4, -0.2) is 39.3 Å². The number of nitrogens with zero attached hydrogens (tertiary/aromatic N) is 5. The molecular weight excluding hydrogens is 344 g/mol. The minimum atomic E-state index is -0.198. The fraction of sp³-hybridized carbons (Fsp3) is 0.211. The molecule has 27 heavy (non-hydrogen) atoms. The van der Waals surface area contributed by atoms with Gasteiger partial charge < -0.3 is 25.7 Å². The Kier molecular flexibility index (Phi) is 4.98. The molecular formula is C19H22N6O2. The summed E-state index contributed by atoms with van der Waals surface area (Å²) < 4.78 is 0. The van der Waals surface area contributed by atoms with Crippen LogP contribution in [0.4, 0.5) is 23.5 Å². The number of nitrogens with two attached hydrogens (primary N) is 1. The molecule has 3 rings (SSSR count). The summed E-state index contributed by atoms with van der Waals surface area (Å²) in [7, 11) is 3.55. The number of phenols is 2. The van der Waals surface area contributed by atoms with Crippen molar-refractivity contribution < 1.29 is 10.2 Å². The quantitative estimate of drug-likeness (QED) is 0.632. The molecule has 2 aromatic carbocycles. The highest BCUT2D eigenvalue weighted by Gasteiger charge is 2.20. The van der Waals surface area contributed by atoms with E-state index in [1.807, 2.05) is 32.2 Å². The number of nitrogen functional groups attached to an aromatic ring is 1. The molecule has 0 amide bonds. The van der Waals surface area contributed by atoms with Crippen molar-refractivity contribution in [3.8, 4) is 11.5 Å². The molecule has 0 aliphatic carbocycles. The van der Waals surface area contributed by atoms with Crippen LogP contribution in [0.5, 0.6) is 11.5 Å². The Balaban J connectivity index is 1.96. The number of phenolic OH excluding ortho intramolecular Hbond substituents is 2. The first-order valence-corrected chi connectivity index (χ1v) is 8.42. The van der Waals surface area contributed by atoms with Crippen LogP contribution >= 0.6 is 0 Å². The molecule has 0 aliphatic rings. The van der Waals surface area contributed by atoms with Crippen molar-refractivity contribution in [3.63, 3.8) is 0 Å². The first-order valence-electron chi connectivity index (χ1n) is 8.42. The largest absolute Gasteiger partial charge is 0.508 e. The Morgan fingerprint density at radius 3 is 2.11 bits per heavy atom. The van der Waals surface area contributed by atoms with Crippen molar-refractivity contribution in [3.05, 3.63) is 54.1 Å². The average Bonchev–Trinajstić information content (AvgIpc) is 2.66. The van der Waals surface area contributed by atoms with Gasteiger partial charge in [-0.05, 0) is 25.1 Å². The van der Waals surface area contributed by atoms with Crippen molar-refractivity contribution in [1.29, 1.82) is 0 Å². The lowest BCUT2D eigenvalue weighted by Crippen LogP contribution is -2.26. The van der Waals surface area contributed by atoms with Crippen LogP contribution in [0.2, 0.25) is 0 Å². The minimum absolute atomic E-state index is 0.0635. The second-order valence-corrected chi connectivity index (χ2v) is 6.19. The van der Waals surface area contributed by atoms with E-state index in [1.54, 1.807) is 47.2 Å². The smallest absolute Gasteiger partial charge is 0.236 e. The molecule has 1 unspecified atom stereocenters. The maximum atomic E-state index is 10.1. The van der Waals surface area contributed by atoms with Gasteiger partial charge in [0.15, 0.2) is 0 Å². The number of anilines is 4. The first-order chi connectivity index (χ1) is 12.9. The first kappa shape index (κ1) is 18.2. The second kappa shape index (κ2) is 7.36. The Bertz CT molecular complexity index is 949. The molecule has 0 saturated carbocycles. The van der Waals surface area contributed by atoms with Crippen molar-refractivity contribution in [2.75, 3.05) is 29.6 Å². The monoisotopic (exact) mass is 366 g/mol. The van der Waals surface area contributed by atoms with Crippen LogP contribution in [0.3, 0.4) is 0 Å². The third-order valence-electron chi connectivity index (χ3n) is 4.46. The van der Waals surface area contributed by atoms with E-state index in [0.29, 0.717) is 17.6 Å². The van der Waals surface area contributed by atoms with Crippen LogP contribution < -0.4 is 15.5 Å². The summed E-state index contributed by atoms with van der Waals surface area (Å²) in [6.45, 7) is 1.93. The van der Waals surface area contributed by atoms with Crippen LogP contribution in [0.25, 0.3) is 0 Å². The van der Waals surface area contributed by atoms with Gasteiger partial charge in [-0.3, -0.25) is 0 Å². The van der Waals surface area contributed by atoms with E-state index in [2.05, 4.69) is 15.0 Å². The van der Waals surface area contributed by atoms with Gasteiger partial charge in [0.25, 0.3) is 0 Å². The highest BCUT2D eigenvalue weighted by molar-refractivity contribution is 5.65. The summed E-state index contributed by atoms with van der Waals surface area (Å²) in [6.07, 6.45) is 0. The van der Waals surface area contributed by atoms with E-state index in [0.717, 1.165) is 5.56 Å². The summed E-state index contributed by atoms with van der Waals surface area (Å²) in [5, 5.41) is 20.2. The minimum Gasteiger partial charge on any atom is -0.508 e.